The van der Waals surface area contributed by atoms with Gasteiger partial charge in [-0.15, -0.1) is 0 Å². The van der Waals surface area contributed by atoms with Crippen LogP contribution in [0, 0.1) is 5.92 Å². The third-order valence-electron chi connectivity index (χ3n) is 2.81. The van der Waals surface area contributed by atoms with Gasteiger partial charge in [-0.05, 0) is 33.2 Å². The van der Waals surface area contributed by atoms with Gasteiger partial charge in [0.15, 0.2) is 0 Å². The van der Waals surface area contributed by atoms with Crippen LogP contribution in [0.3, 0.4) is 0 Å². The smallest absolute Gasteiger partial charge is 0.0396 e. The second-order valence-electron chi connectivity index (χ2n) is 5.17. The molecule has 0 bridgehead atoms. The highest BCUT2D eigenvalue weighted by atomic mass is 32.2. The molecule has 2 nitrogen and oxygen atoms in total. The molecule has 0 aliphatic carbocycles. The van der Waals surface area contributed by atoms with Crippen LogP contribution in [0.5, 0.6) is 0 Å². The van der Waals surface area contributed by atoms with Crippen LogP contribution in [0.4, 0.5) is 0 Å². The maximum Gasteiger partial charge on any atom is 0.0396 e. The molecule has 0 spiro atoms. The summed E-state index contributed by atoms with van der Waals surface area (Å²) in [5, 5.41) is 3.44. The van der Waals surface area contributed by atoms with E-state index in [1.165, 1.54) is 0 Å². The molecule has 0 amide bonds. The lowest BCUT2D eigenvalue weighted by Gasteiger charge is -2.27. The largest absolute Gasteiger partial charge is 0.313 e. The second-order valence-corrected chi connectivity index (χ2v) is 7.42. The van der Waals surface area contributed by atoms with Crippen molar-refractivity contribution >= 4 is 10.8 Å². The van der Waals surface area contributed by atoms with E-state index in [0.29, 0.717) is 12.0 Å². The summed E-state index contributed by atoms with van der Waals surface area (Å²) in [7, 11) is -0.754. The number of hydrogen-bond donors (Lipinski definition) is 1. The van der Waals surface area contributed by atoms with Crippen LogP contribution in [0.2, 0.25) is 0 Å². The summed E-state index contributed by atoms with van der Waals surface area (Å²) in [4.78, 5) is 0. The monoisotopic (exact) mass is 233 g/mol. The molecule has 0 aromatic heterocycles. The third-order valence-corrected chi connectivity index (χ3v) is 4.84. The normalized spacial score (nSPS) is 18.5. The van der Waals surface area contributed by atoms with Crippen LogP contribution in [0.1, 0.15) is 48.0 Å². The van der Waals surface area contributed by atoms with Crippen molar-refractivity contribution in [3.05, 3.63) is 0 Å². The molecular formula is C12H27NOS. The lowest BCUT2D eigenvalue weighted by molar-refractivity contribution is 0.400. The first kappa shape index (κ1) is 15.1. The van der Waals surface area contributed by atoms with Gasteiger partial charge in [-0.3, -0.25) is 4.21 Å². The van der Waals surface area contributed by atoms with Gasteiger partial charge in [-0.25, -0.2) is 0 Å². The summed E-state index contributed by atoms with van der Waals surface area (Å²) in [6, 6.07) is 0.389. The summed E-state index contributed by atoms with van der Waals surface area (Å²) in [5.74, 6) is 1.36. The van der Waals surface area contributed by atoms with Crippen molar-refractivity contribution in [1.29, 1.82) is 0 Å². The zero-order chi connectivity index (χ0) is 12.1. The Balaban J connectivity index is 4.35. The van der Waals surface area contributed by atoms with Crippen molar-refractivity contribution in [3.8, 4) is 0 Å². The quantitative estimate of drug-likeness (QED) is 0.764. The average Bonchev–Trinajstić information content (AvgIpc) is 2.14. The molecule has 3 unspecified atom stereocenters. The molecule has 3 atom stereocenters. The van der Waals surface area contributed by atoms with Gasteiger partial charge in [0.05, 0.1) is 0 Å². The van der Waals surface area contributed by atoms with E-state index >= 15 is 0 Å². The fraction of sp³-hybridized carbons (Fsp3) is 1.00. The van der Waals surface area contributed by atoms with E-state index in [2.05, 4.69) is 26.1 Å². The predicted molar refractivity (Wildman–Crippen MR) is 69.7 cm³/mol. The van der Waals surface area contributed by atoms with Crippen LogP contribution in [-0.2, 0) is 10.8 Å². The molecule has 1 N–H and O–H groups in total. The minimum Gasteiger partial charge on any atom is -0.313 e. The highest BCUT2D eigenvalue weighted by Crippen LogP contribution is 2.16. The lowest BCUT2D eigenvalue weighted by atomic mass is 10.0. The Morgan fingerprint density at radius 3 is 2.13 bits per heavy atom. The van der Waals surface area contributed by atoms with Gasteiger partial charge >= 0.3 is 0 Å². The molecule has 0 fully saturated rings. The molecule has 0 rings (SSSR count). The van der Waals surface area contributed by atoms with Crippen molar-refractivity contribution in [2.75, 3.05) is 12.3 Å². The van der Waals surface area contributed by atoms with E-state index in [0.717, 1.165) is 18.7 Å². The zero-order valence-electron chi connectivity index (χ0n) is 11.1. The second kappa shape index (κ2) is 6.64. The molecule has 0 aliphatic rings. The van der Waals surface area contributed by atoms with E-state index in [1.807, 2.05) is 20.8 Å². The highest BCUT2D eigenvalue weighted by Gasteiger charge is 2.25. The van der Waals surface area contributed by atoms with E-state index in [-0.39, 0.29) is 4.75 Å². The summed E-state index contributed by atoms with van der Waals surface area (Å²) in [6.07, 6.45) is 1.14. The van der Waals surface area contributed by atoms with E-state index in [9.17, 15) is 4.21 Å². The van der Waals surface area contributed by atoms with E-state index in [1.54, 1.807) is 0 Å². The Hall–Kier alpha value is 0.110. The van der Waals surface area contributed by atoms with Crippen molar-refractivity contribution in [3.63, 3.8) is 0 Å². The zero-order valence-corrected chi connectivity index (χ0v) is 11.9. The van der Waals surface area contributed by atoms with Gasteiger partial charge in [0.25, 0.3) is 0 Å². The molecule has 0 radical (unpaired) electrons. The van der Waals surface area contributed by atoms with Crippen LogP contribution < -0.4 is 5.32 Å². The van der Waals surface area contributed by atoms with Gasteiger partial charge in [0.1, 0.15) is 0 Å². The fourth-order valence-corrected chi connectivity index (χ4v) is 2.66. The molecule has 0 saturated heterocycles. The van der Waals surface area contributed by atoms with Gasteiger partial charge in [-0.2, -0.15) is 0 Å². The third kappa shape index (κ3) is 5.67. The van der Waals surface area contributed by atoms with Crippen LogP contribution >= 0.6 is 0 Å². The van der Waals surface area contributed by atoms with Crippen molar-refractivity contribution in [1.82, 2.24) is 5.32 Å². The molecule has 0 heterocycles. The van der Waals surface area contributed by atoms with Crippen molar-refractivity contribution in [2.24, 2.45) is 5.92 Å². The van der Waals surface area contributed by atoms with Gasteiger partial charge in [0.2, 0.25) is 0 Å². The first-order valence-electron chi connectivity index (χ1n) is 5.94. The van der Waals surface area contributed by atoms with Crippen LogP contribution in [0.15, 0.2) is 0 Å². The lowest BCUT2D eigenvalue weighted by Crippen LogP contribution is -2.42. The predicted octanol–water partition coefficient (Wildman–Crippen LogP) is 2.56. The first-order valence-corrected chi connectivity index (χ1v) is 7.26. The van der Waals surface area contributed by atoms with E-state index < -0.39 is 10.8 Å². The van der Waals surface area contributed by atoms with Crippen LogP contribution in [0.25, 0.3) is 0 Å². The molecule has 0 saturated carbocycles. The Labute approximate surface area is 97.7 Å². The van der Waals surface area contributed by atoms with Gasteiger partial charge < -0.3 is 5.32 Å². The minimum absolute atomic E-state index is 0.0961. The first-order chi connectivity index (χ1) is 6.82. The number of rotatable bonds is 6. The van der Waals surface area contributed by atoms with Gasteiger partial charge in [-0.1, -0.05) is 27.2 Å². The summed E-state index contributed by atoms with van der Waals surface area (Å²) < 4.78 is 11.9. The fourth-order valence-electron chi connectivity index (χ4n) is 1.38. The molecule has 0 aromatic carbocycles. The Bertz CT molecular complexity index is 198. The summed E-state index contributed by atoms with van der Waals surface area (Å²) in [6.45, 7) is 13.6. The Morgan fingerprint density at radius 2 is 1.80 bits per heavy atom. The maximum absolute atomic E-state index is 12.0. The molecule has 3 heteroatoms. The van der Waals surface area contributed by atoms with Crippen molar-refractivity contribution in [2.45, 2.75) is 58.8 Å². The van der Waals surface area contributed by atoms with Crippen LogP contribution in [-0.4, -0.2) is 27.3 Å². The highest BCUT2D eigenvalue weighted by molar-refractivity contribution is 7.86. The SMILES string of the molecule is CCNC(CS(=O)C(C)(C)C)C(C)CC. The Morgan fingerprint density at radius 1 is 1.27 bits per heavy atom. The minimum atomic E-state index is -0.754. The molecule has 0 aliphatic heterocycles. The standard InChI is InChI=1S/C12H27NOS/c1-7-10(3)11(13-8-2)9-15(14)12(4,5)6/h10-11,13H,7-9H2,1-6H3. The Kier molecular flexibility index (Phi) is 6.69. The maximum atomic E-state index is 12.0. The van der Waals surface area contributed by atoms with E-state index in [4.69, 9.17) is 0 Å². The van der Waals surface area contributed by atoms with Crippen molar-refractivity contribution < 1.29 is 4.21 Å². The number of hydrogen-bond acceptors (Lipinski definition) is 2. The molecule has 15 heavy (non-hydrogen) atoms. The molecule has 92 valence electrons. The van der Waals surface area contributed by atoms with Gasteiger partial charge in [0, 0.05) is 27.3 Å². The summed E-state index contributed by atoms with van der Waals surface area (Å²) in [5.41, 5.74) is 0. The summed E-state index contributed by atoms with van der Waals surface area (Å²) >= 11 is 0. The number of nitrogens with one attached hydrogen (secondary N) is 1. The topological polar surface area (TPSA) is 29.1 Å². The molecular weight excluding hydrogens is 206 g/mol. The molecule has 0 aromatic rings. The average molecular weight is 233 g/mol.